The number of amides is 1. The highest BCUT2D eigenvalue weighted by Crippen LogP contribution is 2.24. The zero-order valence-electron chi connectivity index (χ0n) is 12.3. The van der Waals surface area contributed by atoms with Crippen LogP contribution in [-0.4, -0.2) is 22.2 Å². The minimum Gasteiger partial charge on any atom is -0.506 e. The van der Waals surface area contributed by atoms with Gasteiger partial charge in [0.05, 0.1) is 11.7 Å². The molecular formula is C17H12FN3O3. The summed E-state index contributed by atoms with van der Waals surface area (Å²) < 4.78 is 13.0. The summed E-state index contributed by atoms with van der Waals surface area (Å²) in [6, 6.07) is 12.2. The molecule has 1 heterocycles. The Morgan fingerprint density at radius 3 is 2.79 bits per heavy atom. The Bertz CT molecular complexity index is 1010. The number of rotatable bonds is 3. The zero-order chi connectivity index (χ0) is 17.1. The lowest BCUT2D eigenvalue weighted by molar-refractivity contribution is 0.0951. The summed E-state index contributed by atoms with van der Waals surface area (Å²) in [4.78, 5) is 26.6. The van der Waals surface area contributed by atoms with Crippen LogP contribution >= 0.6 is 0 Å². The van der Waals surface area contributed by atoms with Gasteiger partial charge in [-0.05, 0) is 29.8 Å². The fourth-order valence-corrected chi connectivity index (χ4v) is 2.24. The largest absolute Gasteiger partial charge is 0.506 e. The van der Waals surface area contributed by atoms with E-state index in [1.54, 1.807) is 30.3 Å². The van der Waals surface area contributed by atoms with E-state index in [4.69, 9.17) is 0 Å². The highest BCUT2D eigenvalue weighted by atomic mass is 19.1. The van der Waals surface area contributed by atoms with Crippen molar-refractivity contribution in [1.82, 2.24) is 10.4 Å². The summed E-state index contributed by atoms with van der Waals surface area (Å²) in [6.45, 7) is 0. The van der Waals surface area contributed by atoms with Gasteiger partial charge in [-0.25, -0.2) is 9.82 Å². The molecule has 120 valence electrons. The summed E-state index contributed by atoms with van der Waals surface area (Å²) >= 11 is 0. The minimum atomic E-state index is -0.868. The molecule has 3 aromatic rings. The van der Waals surface area contributed by atoms with Crippen LogP contribution in [0.5, 0.6) is 5.75 Å². The van der Waals surface area contributed by atoms with Crippen molar-refractivity contribution in [2.45, 2.75) is 0 Å². The Labute approximate surface area is 135 Å². The van der Waals surface area contributed by atoms with Gasteiger partial charge in [-0.2, -0.15) is 5.10 Å². The number of aromatic hydroxyl groups is 1. The van der Waals surface area contributed by atoms with Crippen LogP contribution in [0, 0.1) is 5.82 Å². The molecule has 0 atom stereocenters. The van der Waals surface area contributed by atoms with Gasteiger partial charge in [0.25, 0.3) is 11.5 Å². The van der Waals surface area contributed by atoms with Crippen LogP contribution in [0.4, 0.5) is 4.39 Å². The van der Waals surface area contributed by atoms with E-state index < -0.39 is 28.6 Å². The van der Waals surface area contributed by atoms with Crippen LogP contribution < -0.4 is 11.0 Å². The molecule has 3 N–H and O–H groups in total. The van der Waals surface area contributed by atoms with E-state index in [1.807, 2.05) is 0 Å². The maximum absolute atomic E-state index is 13.0. The van der Waals surface area contributed by atoms with Crippen molar-refractivity contribution in [3.05, 3.63) is 75.8 Å². The van der Waals surface area contributed by atoms with E-state index in [2.05, 4.69) is 15.5 Å². The fraction of sp³-hybridized carbons (Fsp3) is 0. The van der Waals surface area contributed by atoms with E-state index in [9.17, 15) is 19.1 Å². The molecule has 0 unspecified atom stereocenters. The molecule has 7 heteroatoms. The number of fused-ring (bicyclic) bond motifs is 1. The van der Waals surface area contributed by atoms with Gasteiger partial charge in [0, 0.05) is 5.39 Å². The molecule has 0 saturated carbocycles. The fourth-order valence-electron chi connectivity index (χ4n) is 2.24. The molecule has 0 radical (unpaired) electrons. The lowest BCUT2D eigenvalue weighted by Crippen LogP contribution is -2.26. The first-order valence-corrected chi connectivity index (χ1v) is 6.99. The van der Waals surface area contributed by atoms with Crippen molar-refractivity contribution >= 4 is 23.0 Å². The molecule has 0 saturated heterocycles. The maximum atomic E-state index is 13.0. The van der Waals surface area contributed by atoms with Crippen LogP contribution in [0.3, 0.4) is 0 Å². The number of aromatic nitrogens is 1. The van der Waals surface area contributed by atoms with Crippen molar-refractivity contribution in [2.75, 3.05) is 0 Å². The molecule has 0 spiro atoms. The Morgan fingerprint density at radius 2 is 2.00 bits per heavy atom. The van der Waals surface area contributed by atoms with E-state index in [0.29, 0.717) is 16.5 Å². The lowest BCUT2D eigenvalue weighted by Gasteiger charge is -2.05. The third-order valence-electron chi connectivity index (χ3n) is 3.35. The summed E-state index contributed by atoms with van der Waals surface area (Å²) in [5.74, 6) is -1.73. The van der Waals surface area contributed by atoms with Gasteiger partial charge in [0.1, 0.15) is 17.1 Å². The van der Waals surface area contributed by atoms with E-state index in [1.165, 1.54) is 24.4 Å². The highest BCUT2D eigenvalue weighted by Gasteiger charge is 2.18. The number of pyridine rings is 1. The lowest BCUT2D eigenvalue weighted by atomic mass is 10.1. The molecule has 2 aromatic carbocycles. The van der Waals surface area contributed by atoms with E-state index in [0.717, 1.165) is 0 Å². The SMILES string of the molecule is O=C(N/N=C/c1cccc(F)c1)c1c(O)c2ccccc2[nH]c1=O. The van der Waals surface area contributed by atoms with Crippen LogP contribution in [-0.2, 0) is 0 Å². The number of carbonyl (C=O) groups excluding carboxylic acids is 1. The van der Waals surface area contributed by atoms with Crippen LogP contribution in [0.2, 0.25) is 0 Å². The number of aromatic amines is 1. The van der Waals surface area contributed by atoms with E-state index in [-0.39, 0.29) is 0 Å². The maximum Gasteiger partial charge on any atom is 0.280 e. The van der Waals surface area contributed by atoms with Crippen molar-refractivity contribution in [1.29, 1.82) is 0 Å². The second-order valence-corrected chi connectivity index (χ2v) is 4.98. The van der Waals surface area contributed by atoms with Gasteiger partial charge in [-0.1, -0.05) is 24.3 Å². The molecule has 6 nitrogen and oxygen atoms in total. The van der Waals surface area contributed by atoms with Gasteiger partial charge in [-0.15, -0.1) is 0 Å². The molecule has 0 aliphatic heterocycles. The first-order valence-electron chi connectivity index (χ1n) is 6.99. The number of H-pyrrole nitrogens is 1. The Hall–Kier alpha value is -3.48. The molecule has 0 aliphatic rings. The summed E-state index contributed by atoms with van der Waals surface area (Å²) in [6.07, 6.45) is 1.23. The number of nitrogens with zero attached hydrogens (tertiary/aromatic N) is 1. The number of benzene rings is 2. The first kappa shape index (κ1) is 15.4. The Kier molecular flexibility index (Phi) is 4.07. The average Bonchev–Trinajstić information content (AvgIpc) is 2.55. The predicted octanol–water partition coefficient (Wildman–Crippen LogP) is 2.14. The Balaban J connectivity index is 1.88. The smallest absolute Gasteiger partial charge is 0.280 e. The first-order chi connectivity index (χ1) is 11.6. The second-order valence-electron chi connectivity index (χ2n) is 4.98. The van der Waals surface area contributed by atoms with Crippen molar-refractivity contribution in [3.8, 4) is 5.75 Å². The molecule has 0 bridgehead atoms. The van der Waals surface area contributed by atoms with Crippen molar-refractivity contribution in [2.24, 2.45) is 5.10 Å². The second kappa shape index (κ2) is 6.33. The van der Waals surface area contributed by atoms with Gasteiger partial charge >= 0.3 is 0 Å². The zero-order valence-corrected chi connectivity index (χ0v) is 12.3. The van der Waals surface area contributed by atoms with E-state index >= 15 is 0 Å². The number of halogens is 1. The number of para-hydroxylation sites is 1. The van der Waals surface area contributed by atoms with Crippen LogP contribution in [0.15, 0.2) is 58.4 Å². The third kappa shape index (κ3) is 3.00. The normalized spacial score (nSPS) is 11.0. The van der Waals surface area contributed by atoms with Crippen molar-refractivity contribution < 1.29 is 14.3 Å². The highest BCUT2D eigenvalue weighted by molar-refractivity contribution is 6.02. The standard InChI is InChI=1S/C17H12FN3O3/c18-11-5-3-4-10(8-11)9-19-21-17(24)14-15(22)12-6-1-2-7-13(12)20-16(14)23/h1-9H,(H,21,24)(H2,20,22,23)/b19-9+. The number of nitrogens with one attached hydrogen (secondary N) is 2. The van der Waals surface area contributed by atoms with Crippen LogP contribution in [0.25, 0.3) is 10.9 Å². The van der Waals surface area contributed by atoms with Crippen molar-refractivity contribution in [3.63, 3.8) is 0 Å². The van der Waals surface area contributed by atoms with Gasteiger partial charge in [0.15, 0.2) is 0 Å². The molecule has 3 rings (SSSR count). The molecule has 1 amide bonds. The minimum absolute atomic E-state index is 0.344. The molecule has 0 fully saturated rings. The molecule has 24 heavy (non-hydrogen) atoms. The molecular weight excluding hydrogens is 313 g/mol. The quantitative estimate of drug-likeness (QED) is 0.508. The summed E-state index contributed by atoms with van der Waals surface area (Å²) in [5.41, 5.74) is 1.82. The average molecular weight is 325 g/mol. The molecule has 0 aliphatic carbocycles. The monoisotopic (exact) mass is 325 g/mol. The molecule has 1 aromatic heterocycles. The van der Waals surface area contributed by atoms with Gasteiger partial charge < -0.3 is 10.1 Å². The number of hydrogen-bond acceptors (Lipinski definition) is 4. The van der Waals surface area contributed by atoms with Crippen LogP contribution in [0.1, 0.15) is 15.9 Å². The van der Waals surface area contributed by atoms with Gasteiger partial charge in [-0.3, -0.25) is 9.59 Å². The topological polar surface area (TPSA) is 94.5 Å². The number of carbonyl (C=O) groups is 1. The number of hydrazone groups is 1. The Morgan fingerprint density at radius 1 is 1.21 bits per heavy atom. The third-order valence-corrected chi connectivity index (χ3v) is 3.35. The van der Waals surface area contributed by atoms with Gasteiger partial charge in [0.2, 0.25) is 0 Å². The predicted molar refractivity (Wildman–Crippen MR) is 87.7 cm³/mol. The number of hydrogen-bond donors (Lipinski definition) is 3. The summed E-state index contributed by atoms with van der Waals surface area (Å²) in [7, 11) is 0. The summed E-state index contributed by atoms with van der Waals surface area (Å²) in [5, 5.41) is 14.2.